The number of carbonyl (C=O) groups is 2. The van der Waals surface area contributed by atoms with Crippen molar-refractivity contribution in [1.29, 1.82) is 0 Å². The Kier molecular flexibility index (Phi) is 5.76. The number of rotatable bonds is 7. The summed E-state index contributed by atoms with van der Waals surface area (Å²) in [4.78, 5) is 24.3. The van der Waals surface area contributed by atoms with Crippen LogP contribution in [0, 0.1) is 6.92 Å². The van der Waals surface area contributed by atoms with E-state index in [9.17, 15) is 9.59 Å². The Balaban J connectivity index is 1.51. The monoisotopic (exact) mass is 364 g/mol. The SMILES string of the molecule is Cc1ccc(C(=O)C(C)OC(=O)CCc2nnc(-c3ccccc3)o2)cc1. The number of aryl methyl sites for hydroxylation is 2. The number of ether oxygens (including phenoxy) is 1. The fourth-order valence-corrected chi connectivity index (χ4v) is 2.52. The quantitative estimate of drug-likeness (QED) is 0.468. The van der Waals surface area contributed by atoms with E-state index in [1.54, 1.807) is 19.1 Å². The van der Waals surface area contributed by atoms with Crippen molar-refractivity contribution in [3.8, 4) is 11.5 Å². The molecule has 0 aliphatic carbocycles. The van der Waals surface area contributed by atoms with E-state index in [2.05, 4.69) is 10.2 Å². The topological polar surface area (TPSA) is 82.3 Å². The van der Waals surface area contributed by atoms with Crippen LogP contribution >= 0.6 is 0 Å². The van der Waals surface area contributed by atoms with Crippen molar-refractivity contribution in [2.24, 2.45) is 0 Å². The Morgan fingerprint density at radius 2 is 1.74 bits per heavy atom. The van der Waals surface area contributed by atoms with E-state index in [-0.39, 0.29) is 18.6 Å². The van der Waals surface area contributed by atoms with Crippen molar-refractivity contribution in [2.75, 3.05) is 0 Å². The van der Waals surface area contributed by atoms with Gasteiger partial charge in [-0.1, -0.05) is 48.0 Å². The number of Topliss-reactive ketones (excluding diaryl/α,β-unsaturated/α-hetero) is 1. The van der Waals surface area contributed by atoms with Crippen LogP contribution in [-0.4, -0.2) is 28.1 Å². The number of ketones is 1. The second kappa shape index (κ2) is 8.40. The van der Waals surface area contributed by atoms with Gasteiger partial charge in [0.2, 0.25) is 17.6 Å². The van der Waals surface area contributed by atoms with Crippen molar-refractivity contribution in [3.05, 3.63) is 71.6 Å². The van der Waals surface area contributed by atoms with Crippen molar-refractivity contribution >= 4 is 11.8 Å². The molecular weight excluding hydrogens is 344 g/mol. The lowest BCUT2D eigenvalue weighted by Crippen LogP contribution is -2.24. The first-order valence-electron chi connectivity index (χ1n) is 8.71. The first-order chi connectivity index (χ1) is 13.0. The number of hydrogen-bond donors (Lipinski definition) is 0. The largest absolute Gasteiger partial charge is 0.454 e. The van der Waals surface area contributed by atoms with Gasteiger partial charge in [-0.25, -0.2) is 0 Å². The van der Waals surface area contributed by atoms with Gasteiger partial charge in [0.05, 0.1) is 6.42 Å². The second-order valence-corrected chi connectivity index (χ2v) is 6.23. The van der Waals surface area contributed by atoms with Gasteiger partial charge < -0.3 is 9.15 Å². The first-order valence-corrected chi connectivity index (χ1v) is 8.71. The van der Waals surface area contributed by atoms with Gasteiger partial charge in [0.25, 0.3) is 0 Å². The molecule has 0 aliphatic heterocycles. The highest BCUT2D eigenvalue weighted by Crippen LogP contribution is 2.17. The molecule has 0 fully saturated rings. The molecule has 1 atom stereocenters. The number of hydrogen-bond acceptors (Lipinski definition) is 6. The molecule has 1 unspecified atom stereocenters. The summed E-state index contributed by atoms with van der Waals surface area (Å²) < 4.78 is 10.8. The summed E-state index contributed by atoms with van der Waals surface area (Å²) in [5.74, 6) is 0.0418. The maximum Gasteiger partial charge on any atom is 0.307 e. The molecular formula is C21H20N2O4. The van der Waals surface area contributed by atoms with Gasteiger partial charge in [0.1, 0.15) is 0 Å². The standard InChI is InChI=1S/C21H20N2O4/c1-14-8-10-16(11-9-14)20(25)15(2)26-19(24)13-12-18-22-23-21(27-18)17-6-4-3-5-7-17/h3-11,15H,12-13H2,1-2H3. The van der Waals surface area contributed by atoms with E-state index in [4.69, 9.17) is 9.15 Å². The Morgan fingerprint density at radius 1 is 1.04 bits per heavy atom. The van der Waals surface area contributed by atoms with Gasteiger partial charge in [0.15, 0.2) is 6.10 Å². The van der Waals surface area contributed by atoms with Crippen molar-refractivity contribution in [2.45, 2.75) is 32.8 Å². The smallest absolute Gasteiger partial charge is 0.307 e. The Morgan fingerprint density at radius 3 is 2.44 bits per heavy atom. The average molecular weight is 364 g/mol. The van der Waals surface area contributed by atoms with Crippen LogP contribution in [0.3, 0.4) is 0 Å². The minimum absolute atomic E-state index is 0.0575. The summed E-state index contributed by atoms with van der Waals surface area (Å²) in [7, 11) is 0. The molecule has 0 radical (unpaired) electrons. The fourth-order valence-electron chi connectivity index (χ4n) is 2.52. The number of esters is 1. The van der Waals surface area contributed by atoms with Gasteiger partial charge >= 0.3 is 5.97 Å². The van der Waals surface area contributed by atoms with Crippen LogP contribution in [0.2, 0.25) is 0 Å². The van der Waals surface area contributed by atoms with Crippen LogP contribution in [0.25, 0.3) is 11.5 Å². The summed E-state index contributed by atoms with van der Waals surface area (Å²) in [6, 6.07) is 16.5. The van der Waals surface area contributed by atoms with Crippen molar-refractivity contribution < 1.29 is 18.7 Å². The van der Waals surface area contributed by atoms with Crippen molar-refractivity contribution in [3.63, 3.8) is 0 Å². The molecule has 0 N–H and O–H groups in total. The van der Waals surface area contributed by atoms with Crippen LogP contribution in [0.5, 0.6) is 0 Å². The summed E-state index contributed by atoms with van der Waals surface area (Å²) in [6.45, 7) is 3.51. The van der Waals surface area contributed by atoms with Gasteiger partial charge in [-0.2, -0.15) is 0 Å². The Hall–Kier alpha value is -3.28. The average Bonchev–Trinajstić information content (AvgIpc) is 3.16. The maximum absolute atomic E-state index is 12.3. The Labute approximate surface area is 157 Å². The van der Waals surface area contributed by atoms with Gasteiger partial charge in [0, 0.05) is 17.5 Å². The third kappa shape index (κ3) is 4.88. The molecule has 0 spiro atoms. The minimum Gasteiger partial charge on any atom is -0.454 e. The fraction of sp³-hybridized carbons (Fsp3) is 0.238. The summed E-state index contributed by atoms with van der Waals surface area (Å²) in [5.41, 5.74) is 2.40. The lowest BCUT2D eigenvalue weighted by atomic mass is 10.1. The zero-order valence-corrected chi connectivity index (χ0v) is 15.2. The van der Waals surface area contributed by atoms with Crippen LogP contribution in [0.15, 0.2) is 59.0 Å². The number of benzene rings is 2. The molecule has 0 bridgehead atoms. The molecule has 6 heteroatoms. The first kappa shape index (κ1) is 18.5. The van der Waals surface area contributed by atoms with Crippen molar-refractivity contribution in [1.82, 2.24) is 10.2 Å². The lowest BCUT2D eigenvalue weighted by Gasteiger charge is -2.12. The van der Waals surface area contributed by atoms with Gasteiger partial charge in [-0.05, 0) is 26.0 Å². The second-order valence-electron chi connectivity index (χ2n) is 6.23. The van der Waals surface area contributed by atoms with Crippen LogP contribution < -0.4 is 0 Å². The van der Waals surface area contributed by atoms with Crippen LogP contribution in [-0.2, 0) is 16.0 Å². The van der Waals surface area contributed by atoms with E-state index in [0.717, 1.165) is 11.1 Å². The van der Waals surface area contributed by atoms with E-state index in [1.807, 2.05) is 49.4 Å². The van der Waals surface area contributed by atoms with E-state index < -0.39 is 12.1 Å². The molecule has 3 rings (SSSR count). The van der Waals surface area contributed by atoms with E-state index >= 15 is 0 Å². The molecule has 0 aliphatic rings. The van der Waals surface area contributed by atoms with E-state index in [0.29, 0.717) is 17.3 Å². The molecule has 0 saturated heterocycles. The third-order valence-electron chi connectivity index (χ3n) is 4.04. The predicted octanol–water partition coefficient (Wildman–Crippen LogP) is 3.79. The highest BCUT2D eigenvalue weighted by molar-refractivity contribution is 6.00. The third-order valence-corrected chi connectivity index (χ3v) is 4.04. The molecule has 138 valence electrons. The number of carbonyl (C=O) groups excluding carboxylic acids is 2. The molecule has 1 heterocycles. The normalized spacial score (nSPS) is 11.8. The molecule has 0 amide bonds. The van der Waals surface area contributed by atoms with Crippen LogP contribution in [0.1, 0.15) is 35.2 Å². The van der Waals surface area contributed by atoms with Gasteiger partial charge in [-0.15, -0.1) is 10.2 Å². The van der Waals surface area contributed by atoms with E-state index in [1.165, 1.54) is 0 Å². The zero-order valence-electron chi connectivity index (χ0n) is 15.2. The van der Waals surface area contributed by atoms with Crippen LogP contribution in [0.4, 0.5) is 0 Å². The molecule has 3 aromatic rings. The molecule has 6 nitrogen and oxygen atoms in total. The molecule has 1 aromatic heterocycles. The zero-order chi connectivity index (χ0) is 19.2. The predicted molar refractivity (Wildman–Crippen MR) is 99.1 cm³/mol. The molecule has 0 saturated carbocycles. The summed E-state index contributed by atoms with van der Waals surface area (Å²) >= 11 is 0. The summed E-state index contributed by atoms with van der Waals surface area (Å²) in [6.07, 6.45) is -0.533. The Bertz CT molecular complexity index is 917. The summed E-state index contributed by atoms with van der Waals surface area (Å²) in [5, 5.41) is 7.92. The number of nitrogens with zero attached hydrogens (tertiary/aromatic N) is 2. The lowest BCUT2D eigenvalue weighted by molar-refractivity contribution is -0.146. The molecule has 27 heavy (non-hydrogen) atoms. The maximum atomic E-state index is 12.3. The minimum atomic E-state index is -0.845. The highest BCUT2D eigenvalue weighted by Gasteiger charge is 2.20. The van der Waals surface area contributed by atoms with Gasteiger partial charge in [-0.3, -0.25) is 9.59 Å². The molecule has 2 aromatic carbocycles. The highest BCUT2D eigenvalue weighted by atomic mass is 16.5. The number of aromatic nitrogens is 2.